The van der Waals surface area contributed by atoms with Gasteiger partial charge in [-0.2, -0.15) is 0 Å². The highest BCUT2D eigenvalue weighted by atomic mass is 79.9. The summed E-state index contributed by atoms with van der Waals surface area (Å²) in [5, 5.41) is 8.36. The summed E-state index contributed by atoms with van der Waals surface area (Å²) in [6, 6.07) is 15.9. The van der Waals surface area contributed by atoms with Crippen LogP contribution in [0.2, 0.25) is 0 Å². The highest BCUT2D eigenvalue weighted by Gasteiger charge is 2.07. The van der Waals surface area contributed by atoms with Gasteiger partial charge >= 0.3 is 0 Å². The molecule has 1 aromatic heterocycles. The van der Waals surface area contributed by atoms with Crippen LogP contribution in [0.1, 0.15) is 0 Å². The van der Waals surface area contributed by atoms with Gasteiger partial charge in [0, 0.05) is 20.1 Å². The Hall–Kier alpha value is -1.46. The quantitative estimate of drug-likeness (QED) is 0.704. The zero-order chi connectivity index (χ0) is 13.2. The predicted octanol–water partition coefficient (Wildman–Crippen LogP) is 4.66. The monoisotopic (exact) mass is 377 g/mol. The summed E-state index contributed by atoms with van der Waals surface area (Å²) in [5.74, 6) is 1.54. The number of benzene rings is 2. The molecule has 0 saturated heterocycles. The summed E-state index contributed by atoms with van der Waals surface area (Å²) in [4.78, 5) is 3.23. The van der Waals surface area contributed by atoms with Gasteiger partial charge in [-0.25, -0.2) is 0 Å². The minimum absolute atomic E-state index is 0.769. The van der Waals surface area contributed by atoms with Crippen LogP contribution in [0.5, 0.6) is 0 Å². The van der Waals surface area contributed by atoms with Crippen LogP contribution in [0.25, 0.3) is 22.8 Å². The van der Waals surface area contributed by atoms with Crippen LogP contribution in [0, 0.1) is 0 Å². The number of hydrogen-bond donors (Lipinski definition) is 1. The maximum atomic E-state index is 4.18. The van der Waals surface area contributed by atoms with E-state index in [1.807, 2.05) is 48.5 Å². The second-order valence-corrected chi connectivity index (χ2v) is 5.87. The fourth-order valence-electron chi connectivity index (χ4n) is 1.74. The summed E-state index contributed by atoms with van der Waals surface area (Å²) in [7, 11) is 0. The van der Waals surface area contributed by atoms with Crippen molar-refractivity contribution in [2.75, 3.05) is 0 Å². The fourth-order valence-corrected chi connectivity index (χ4v) is 2.27. The van der Waals surface area contributed by atoms with Crippen molar-refractivity contribution in [1.29, 1.82) is 0 Å². The molecule has 0 bridgehead atoms. The number of rotatable bonds is 2. The lowest BCUT2D eigenvalue weighted by atomic mass is 10.2. The van der Waals surface area contributed by atoms with E-state index in [1.54, 1.807) is 0 Å². The maximum absolute atomic E-state index is 4.18. The number of aromatic amines is 1. The topological polar surface area (TPSA) is 41.6 Å². The molecule has 5 heteroatoms. The third kappa shape index (κ3) is 2.77. The highest BCUT2D eigenvalue weighted by Crippen LogP contribution is 2.22. The predicted molar refractivity (Wildman–Crippen MR) is 82.7 cm³/mol. The van der Waals surface area contributed by atoms with Gasteiger partial charge in [0.2, 0.25) is 0 Å². The van der Waals surface area contributed by atoms with Crippen LogP contribution in [0.3, 0.4) is 0 Å². The van der Waals surface area contributed by atoms with E-state index in [0.717, 1.165) is 31.7 Å². The average Bonchev–Trinajstić information content (AvgIpc) is 2.90. The molecule has 3 aromatic rings. The van der Waals surface area contributed by atoms with Crippen molar-refractivity contribution < 1.29 is 0 Å². The highest BCUT2D eigenvalue weighted by molar-refractivity contribution is 9.10. The molecule has 1 heterocycles. The molecule has 0 aliphatic carbocycles. The molecule has 0 saturated carbocycles. The van der Waals surface area contributed by atoms with Gasteiger partial charge in [-0.05, 0) is 24.3 Å². The van der Waals surface area contributed by atoms with Crippen LogP contribution < -0.4 is 0 Å². The van der Waals surface area contributed by atoms with Gasteiger partial charge in [0.05, 0.1) is 0 Å². The molecule has 0 amide bonds. The van der Waals surface area contributed by atoms with Crippen molar-refractivity contribution in [1.82, 2.24) is 15.2 Å². The first-order valence-electron chi connectivity index (χ1n) is 5.67. The normalized spacial score (nSPS) is 10.6. The molecule has 0 aliphatic heterocycles. The third-order valence-corrected chi connectivity index (χ3v) is 3.78. The van der Waals surface area contributed by atoms with E-state index in [4.69, 9.17) is 0 Å². The molecule has 0 fully saturated rings. The van der Waals surface area contributed by atoms with Crippen LogP contribution in [0.4, 0.5) is 0 Å². The molecule has 94 valence electrons. The summed E-state index contributed by atoms with van der Waals surface area (Å²) < 4.78 is 2.09. The lowest BCUT2D eigenvalue weighted by Crippen LogP contribution is -1.81. The molecule has 3 rings (SSSR count). The number of nitrogens with zero attached hydrogens (tertiary/aromatic N) is 2. The van der Waals surface area contributed by atoms with Gasteiger partial charge in [0.25, 0.3) is 0 Å². The lowest BCUT2D eigenvalue weighted by molar-refractivity contribution is 1.10. The van der Waals surface area contributed by atoms with E-state index in [2.05, 4.69) is 47.0 Å². The number of hydrogen-bond acceptors (Lipinski definition) is 2. The van der Waals surface area contributed by atoms with E-state index in [-0.39, 0.29) is 0 Å². The molecule has 0 atom stereocenters. The minimum atomic E-state index is 0.769. The third-order valence-electron chi connectivity index (χ3n) is 2.72. The Morgan fingerprint density at radius 1 is 0.632 bits per heavy atom. The van der Waals surface area contributed by atoms with Crippen LogP contribution >= 0.6 is 31.9 Å². The van der Waals surface area contributed by atoms with Crippen LogP contribution in [0.15, 0.2) is 57.5 Å². The summed E-state index contributed by atoms with van der Waals surface area (Å²) in [6.07, 6.45) is 0. The molecule has 1 N–H and O–H groups in total. The molecule has 19 heavy (non-hydrogen) atoms. The molecule has 0 radical (unpaired) electrons. The van der Waals surface area contributed by atoms with Gasteiger partial charge in [-0.1, -0.05) is 56.1 Å². The van der Waals surface area contributed by atoms with Gasteiger partial charge in [0.1, 0.15) is 0 Å². The van der Waals surface area contributed by atoms with Crippen molar-refractivity contribution in [2.24, 2.45) is 0 Å². The summed E-state index contributed by atoms with van der Waals surface area (Å²) >= 11 is 6.83. The zero-order valence-corrected chi connectivity index (χ0v) is 12.9. The van der Waals surface area contributed by atoms with E-state index in [9.17, 15) is 0 Å². The van der Waals surface area contributed by atoms with Gasteiger partial charge < -0.3 is 4.98 Å². The Morgan fingerprint density at radius 2 is 1.00 bits per heavy atom. The smallest absolute Gasteiger partial charge is 0.161 e. The van der Waals surface area contributed by atoms with E-state index in [0.29, 0.717) is 0 Å². The molecular formula is C14H9Br2N3. The molecule has 0 spiro atoms. The van der Waals surface area contributed by atoms with Crippen LogP contribution in [-0.4, -0.2) is 15.2 Å². The Bertz CT molecular complexity index is 627. The Balaban J connectivity index is 1.95. The standard InChI is InChI=1S/C14H9Br2N3/c15-11-5-1-9(2-6-11)13-17-14(19-18-13)10-3-7-12(16)8-4-10/h1-8H,(H,17,18,19). The van der Waals surface area contributed by atoms with Crippen LogP contribution in [-0.2, 0) is 0 Å². The Labute approximate surface area is 127 Å². The SMILES string of the molecule is Brc1ccc(-c2nnc(-c3ccc(Br)cc3)[nH]2)cc1. The molecule has 3 nitrogen and oxygen atoms in total. The first-order chi connectivity index (χ1) is 9.22. The second kappa shape index (κ2) is 5.27. The first-order valence-corrected chi connectivity index (χ1v) is 7.25. The Morgan fingerprint density at radius 3 is 1.37 bits per heavy atom. The number of H-pyrrole nitrogens is 1. The fraction of sp³-hybridized carbons (Fsp3) is 0. The minimum Gasteiger partial charge on any atom is -0.321 e. The van der Waals surface area contributed by atoms with Crippen molar-refractivity contribution in [2.45, 2.75) is 0 Å². The van der Waals surface area contributed by atoms with Gasteiger partial charge in [-0.3, -0.25) is 0 Å². The number of nitrogens with one attached hydrogen (secondary N) is 1. The van der Waals surface area contributed by atoms with Gasteiger partial charge in [-0.15, -0.1) is 10.2 Å². The maximum Gasteiger partial charge on any atom is 0.161 e. The summed E-state index contributed by atoms with van der Waals surface area (Å²) in [5.41, 5.74) is 2.03. The molecular weight excluding hydrogens is 370 g/mol. The largest absolute Gasteiger partial charge is 0.321 e. The number of halogens is 2. The van der Waals surface area contributed by atoms with E-state index in [1.165, 1.54) is 0 Å². The summed E-state index contributed by atoms with van der Waals surface area (Å²) in [6.45, 7) is 0. The van der Waals surface area contributed by atoms with E-state index >= 15 is 0 Å². The van der Waals surface area contributed by atoms with Crippen molar-refractivity contribution in [3.63, 3.8) is 0 Å². The Kier molecular flexibility index (Phi) is 3.48. The average molecular weight is 379 g/mol. The van der Waals surface area contributed by atoms with Crippen molar-refractivity contribution >= 4 is 31.9 Å². The van der Waals surface area contributed by atoms with Crippen molar-refractivity contribution in [3.8, 4) is 22.8 Å². The number of aromatic nitrogens is 3. The lowest BCUT2D eigenvalue weighted by Gasteiger charge is -1.97. The van der Waals surface area contributed by atoms with E-state index < -0.39 is 0 Å². The van der Waals surface area contributed by atoms with Crippen molar-refractivity contribution in [3.05, 3.63) is 57.5 Å². The molecule has 0 aliphatic rings. The molecule has 0 unspecified atom stereocenters. The molecule has 2 aromatic carbocycles. The zero-order valence-electron chi connectivity index (χ0n) is 9.77. The second-order valence-electron chi connectivity index (χ2n) is 4.04. The van der Waals surface area contributed by atoms with Gasteiger partial charge in [0.15, 0.2) is 11.6 Å². The first kappa shape index (κ1) is 12.6.